The number of carbonyl (C=O) groups is 3. The van der Waals surface area contributed by atoms with E-state index in [0.717, 1.165) is 31.1 Å². The standard InChI is InChI=1S/C28H34ClN5O3/c1-27(2)13-18(24(35)33-27)11-19(15-30)31-25(36)22-14-28(9-4-3-5-10-28)16-34(22)26(37)21-12-17-7-6-8-20(29)23(17)32-21/h6-8,12,18-19,22,32H,3-5,9-11,13-14,16H2,1-2H3,(H,31,36)(H,33,35)/t18?,19-,22?/m0/s1. The maximum Gasteiger partial charge on any atom is 0.271 e. The zero-order valence-corrected chi connectivity index (χ0v) is 22.2. The number of amides is 3. The molecule has 37 heavy (non-hydrogen) atoms. The fourth-order valence-electron chi connectivity index (χ4n) is 6.64. The van der Waals surface area contributed by atoms with Gasteiger partial charge >= 0.3 is 0 Å². The molecule has 9 heteroatoms. The van der Waals surface area contributed by atoms with Gasteiger partial charge in [0.1, 0.15) is 17.8 Å². The fourth-order valence-corrected chi connectivity index (χ4v) is 6.87. The highest BCUT2D eigenvalue weighted by atomic mass is 35.5. The van der Waals surface area contributed by atoms with Crippen LogP contribution in [0.25, 0.3) is 10.9 Å². The van der Waals surface area contributed by atoms with Gasteiger partial charge in [-0.05, 0) is 63.5 Å². The van der Waals surface area contributed by atoms with Gasteiger partial charge in [0.15, 0.2) is 0 Å². The number of halogens is 1. The molecular weight excluding hydrogens is 490 g/mol. The van der Waals surface area contributed by atoms with Crippen LogP contribution < -0.4 is 10.6 Å². The molecule has 3 atom stereocenters. The molecule has 3 fully saturated rings. The van der Waals surface area contributed by atoms with Gasteiger partial charge in [-0.1, -0.05) is 43.0 Å². The number of aromatic amines is 1. The lowest BCUT2D eigenvalue weighted by atomic mass is 9.72. The molecule has 3 N–H and O–H groups in total. The van der Waals surface area contributed by atoms with E-state index in [4.69, 9.17) is 11.6 Å². The molecule has 1 spiro atoms. The average molecular weight is 524 g/mol. The molecule has 3 heterocycles. The van der Waals surface area contributed by atoms with Crippen LogP contribution in [-0.2, 0) is 9.59 Å². The number of benzene rings is 1. The summed E-state index contributed by atoms with van der Waals surface area (Å²) in [6, 6.07) is 7.97. The van der Waals surface area contributed by atoms with Gasteiger partial charge in [-0.3, -0.25) is 14.4 Å². The van der Waals surface area contributed by atoms with Crippen molar-refractivity contribution in [1.82, 2.24) is 20.5 Å². The highest BCUT2D eigenvalue weighted by Crippen LogP contribution is 2.47. The van der Waals surface area contributed by atoms with Gasteiger partial charge in [-0.25, -0.2) is 0 Å². The Morgan fingerprint density at radius 2 is 2.00 bits per heavy atom. The second-order valence-electron chi connectivity index (χ2n) is 11.8. The first kappa shape index (κ1) is 25.6. The van der Waals surface area contributed by atoms with Crippen LogP contribution >= 0.6 is 11.6 Å². The van der Waals surface area contributed by atoms with Crippen LogP contribution in [0.3, 0.4) is 0 Å². The van der Waals surface area contributed by atoms with E-state index in [1.807, 2.05) is 26.0 Å². The average Bonchev–Trinajstić information content (AvgIpc) is 3.52. The van der Waals surface area contributed by atoms with Gasteiger partial charge in [0.25, 0.3) is 5.91 Å². The number of nitrogens with one attached hydrogen (secondary N) is 3. The van der Waals surface area contributed by atoms with Gasteiger partial charge in [-0.15, -0.1) is 0 Å². The van der Waals surface area contributed by atoms with Gasteiger partial charge in [0.2, 0.25) is 11.8 Å². The van der Waals surface area contributed by atoms with Crippen molar-refractivity contribution in [2.45, 2.75) is 82.8 Å². The van der Waals surface area contributed by atoms with Crippen molar-refractivity contribution in [2.75, 3.05) is 6.54 Å². The van der Waals surface area contributed by atoms with Crippen LogP contribution in [0.4, 0.5) is 0 Å². The predicted octanol–water partition coefficient (Wildman–Crippen LogP) is 4.30. The zero-order valence-electron chi connectivity index (χ0n) is 21.4. The highest BCUT2D eigenvalue weighted by molar-refractivity contribution is 6.35. The molecule has 2 unspecified atom stereocenters. The van der Waals surface area contributed by atoms with Crippen LogP contribution in [-0.4, -0.2) is 51.8 Å². The van der Waals surface area contributed by atoms with E-state index in [1.165, 1.54) is 6.42 Å². The van der Waals surface area contributed by atoms with E-state index in [-0.39, 0.29) is 41.0 Å². The first-order valence-corrected chi connectivity index (χ1v) is 13.6. The van der Waals surface area contributed by atoms with E-state index in [2.05, 4.69) is 21.7 Å². The Balaban J connectivity index is 1.37. The Hall–Kier alpha value is -3.05. The minimum Gasteiger partial charge on any atom is -0.351 e. The topological polar surface area (TPSA) is 118 Å². The summed E-state index contributed by atoms with van der Waals surface area (Å²) in [6.45, 7) is 4.42. The second kappa shape index (κ2) is 9.68. The molecule has 3 aliphatic rings. The van der Waals surface area contributed by atoms with Crippen molar-refractivity contribution in [3.8, 4) is 6.07 Å². The van der Waals surface area contributed by atoms with Gasteiger partial charge < -0.3 is 20.5 Å². The lowest BCUT2D eigenvalue weighted by molar-refractivity contribution is -0.126. The molecule has 2 aliphatic heterocycles. The van der Waals surface area contributed by atoms with Gasteiger partial charge in [0, 0.05) is 23.4 Å². The third-order valence-electron chi connectivity index (χ3n) is 8.40. The van der Waals surface area contributed by atoms with Crippen LogP contribution in [0, 0.1) is 22.7 Å². The number of H-pyrrole nitrogens is 1. The molecule has 1 aliphatic carbocycles. The Kier molecular flexibility index (Phi) is 6.70. The highest BCUT2D eigenvalue weighted by Gasteiger charge is 2.49. The summed E-state index contributed by atoms with van der Waals surface area (Å²) < 4.78 is 0. The first-order valence-electron chi connectivity index (χ1n) is 13.2. The summed E-state index contributed by atoms with van der Waals surface area (Å²) >= 11 is 6.32. The Morgan fingerprint density at radius 3 is 2.65 bits per heavy atom. The van der Waals surface area contributed by atoms with Crippen molar-refractivity contribution in [3.63, 3.8) is 0 Å². The molecule has 3 amide bonds. The van der Waals surface area contributed by atoms with Crippen molar-refractivity contribution < 1.29 is 14.4 Å². The third-order valence-corrected chi connectivity index (χ3v) is 8.72. The molecule has 5 rings (SSSR count). The number of nitrogens with zero attached hydrogens (tertiary/aromatic N) is 2. The molecule has 1 aromatic carbocycles. The maximum absolute atomic E-state index is 13.8. The summed E-state index contributed by atoms with van der Waals surface area (Å²) in [5.41, 5.74) is 0.686. The molecule has 1 saturated carbocycles. The molecule has 0 radical (unpaired) electrons. The quantitative estimate of drug-likeness (QED) is 0.541. The number of carbonyl (C=O) groups excluding carboxylic acids is 3. The molecule has 196 valence electrons. The van der Waals surface area contributed by atoms with Crippen LogP contribution in [0.5, 0.6) is 0 Å². The first-order chi connectivity index (χ1) is 17.6. The van der Waals surface area contributed by atoms with Crippen molar-refractivity contribution in [1.29, 1.82) is 5.26 Å². The van der Waals surface area contributed by atoms with Crippen LogP contribution in [0.15, 0.2) is 24.3 Å². The molecule has 8 nitrogen and oxygen atoms in total. The normalized spacial score (nSPS) is 25.1. The number of rotatable bonds is 5. The minimum absolute atomic E-state index is 0.0862. The Morgan fingerprint density at radius 1 is 1.24 bits per heavy atom. The molecule has 2 saturated heterocycles. The van der Waals surface area contributed by atoms with Crippen LogP contribution in [0.2, 0.25) is 5.02 Å². The largest absolute Gasteiger partial charge is 0.351 e. The summed E-state index contributed by atoms with van der Waals surface area (Å²) in [4.78, 5) is 44.6. The minimum atomic E-state index is -0.802. The number of nitriles is 1. The SMILES string of the molecule is CC1(C)CC(C[C@@H](C#N)NC(=O)C2CC3(CCCCC3)CN2C(=O)c2cc3cccc(Cl)c3[nH]2)C(=O)N1. The molecule has 1 aromatic heterocycles. The monoisotopic (exact) mass is 523 g/mol. The predicted molar refractivity (Wildman–Crippen MR) is 141 cm³/mol. The van der Waals surface area contributed by atoms with Crippen LogP contribution in [0.1, 0.15) is 75.7 Å². The molecule has 0 bridgehead atoms. The van der Waals surface area contributed by atoms with E-state index in [1.54, 1.807) is 17.0 Å². The van der Waals surface area contributed by atoms with Crippen molar-refractivity contribution in [2.24, 2.45) is 11.3 Å². The van der Waals surface area contributed by atoms with Crippen molar-refractivity contribution in [3.05, 3.63) is 35.0 Å². The number of hydrogen-bond donors (Lipinski definition) is 3. The van der Waals surface area contributed by atoms with Gasteiger partial charge in [0.05, 0.1) is 16.6 Å². The number of para-hydroxylation sites is 1. The summed E-state index contributed by atoms with van der Waals surface area (Å²) in [7, 11) is 0. The number of likely N-dealkylation sites (tertiary alicyclic amines) is 1. The summed E-state index contributed by atoms with van der Waals surface area (Å²) in [5.74, 6) is -0.979. The number of hydrogen-bond acceptors (Lipinski definition) is 4. The maximum atomic E-state index is 13.8. The smallest absolute Gasteiger partial charge is 0.271 e. The lowest BCUT2D eigenvalue weighted by Gasteiger charge is -2.32. The van der Waals surface area contributed by atoms with Crippen molar-refractivity contribution >= 4 is 40.2 Å². The summed E-state index contributed by atoms with van der Waals surface area (Å²) in [6.07, 6.45) is 6.77. The van der Waals surface area contributed by atoms with Gasteiger partial charge in [-0.2, -0.15) is 5.26 Å². The van der Waals surface area contributed by atoms with E-state index >= 15 is 0 Å². The fraction of sp³-hybridized carbons (Fsp3) is 0.571. The molecular formula is C28H34ClN5O3. The Bertz CT molecular complexity index is 1270. The number of aromatic nitrogens is 1. The van der Waals surface area contributed by atoms with E-state index < -0.39 is 12.1 Å². The lowest BCUT2D eigenvalue weighted by Crippen LogP contribution is -2.49. The zero-order chi connectivity index (χ0) is 26.4. The van der Waals surface area contributed by atoms with E-state index in [9.17, 15) is 19.6 Å². The third kappa shape index (κ3) is 5.06. The Labute approximate surface area is 222 Å². The number of fused-ring (bicyclic) bond motifs is 1. The summed E-state index contributed by atoms with van der Waals surface area (Å²) in [5, 5.41) is 17.0. The molecule has 2 aromatic rings. The van der Waals surface area contributed by atoms with E-state index in [0.29, 0.717) is 35.6 Å². The second-order valence-corrected chi connectivity index (χ2v) is 12.2.